The van der Waals surface area contributed by atoms with Gasteiger partial charge in [0, 0.05) is 6.04 Å². The Labute approximate surface area is 113 Å². The van der Waals surface area contributed by atoms with Gasteiger partial charge in [0.25, 0.3) is 0 Å². The molecule has 0 radical (unpaired) electrons. The molecule has 2 saturated carbocycles. The summed E-state index contributed by atoms with van der Waals surface area (Å²) in [6, 6.07) is 2.85. The molecular weight excluding hydrogens is 238 g/mol. The van der Waals surface area contributed by atoms with E-state index in [-0.39, 0.29) is 0 Å². The van der Waals surface area contributed by atoms with E-state index in [0.717, 1.165) is 5.92 Å². The van der Waals surface area contributed by atoms with Gasteiger partial charge in [0.2, 0.25) is 0 Å². The quantitative estimate of drug-likeness (QED) is 0.851. The molecule has 3 N–H and O–H groups in total. The monoisotopic (exact) mass is 259 g/mol. The summed E-state index contributed by atoms with van der Waals surface area (Å²) in [7, 11) is 0. The molecule has 2 fully saturated rings. The van der Waals surface area contributed by atoms with Gasteiger partial charge in [-0.2, -0.15) is 10.4 Å². The Morgan fingerprint density at radius 2 is 1.95 bits per heavy atom. The zero-order valence-electron chi connectivity index (χ0n) is 11.6. The summed E-state index contributed by atoms with van der Waals surface area (Å²) in [4.78, 5) is 0. The number of hydrogen-bond donors (Lipinski definition) is 2. The van der Waals surface area contributed by atoms with Gasteiger partial charge in [-0.15, -0.1) is 0 Å². The highest BCUT2D eigenvalue weighted by molar-refractivity contribution is 5.64. The van der Waals surface area contributed by atoms with E-state index in [1.807, 2.05) is 4.68 Å². The number of nitrogen functional groups attached to an aromatic ring is 1. The number of nitriles is 1. The first-order valence-electron chi connectivity index (χ1n) is 7.16. The van der Waals surface area contributed by atoms with Gasteiger partial charge in [0.05, 0.1) is 6.04 Å². The Balaban J connectivity index is 1.85. The molecule has 19 heavy (non-hydrogen) atoms. The van der Waals surface area contributed by atoms with Crippen molar-refractivity contribution < 1.29 is 0 Å². The minimum absolute atomic E-state index is 0.291. The van der Waals surface area contributed by atoms with Crippen LogP contribution < -0.4 is 11.1 Å². The molecule has 0 aromatic carbocycles. The maximum atomic E-state index is 9.29. The van der Waals surface area contributed by atoms with Crippen LogP contribution in [0.25, 0.3) is 0 Å². The lowest BCUT2D eigenvalue weighted by Gasteiger charge is -2.13. The standard InChI is InChI=1S/C14H21N5/c1-8(10-3-4-10)17-14-12(7-15)13(16)19(18-14)9(2)11-5-6-11/h8-11H,3-6,16H2,1-2H3,(H,17,18). The molecule has 1 heterocycles. The highest BCUT2D eigenvalue weighted by atomic mass is 15.4. The van der Waals surface area contributed by atoms with E-state index >= 15 is 0 Å². The number of nitrogens with two attached hydrogens (primary N) is 1. The van der Waals surface area contributed by atoms with E-state index in [9.17, 15) is 5.26 Å². The van der Waals surface area contributed by atoms with Crippen LogP contribution in [0.1, 0.15) is 51.1 Å². The first kappa shape index (κ1) is 12.3. The second kappa shape index (κ2) is 4.44. The first-order chi connectivity index (χ1) is 9.11. The van der Waals surface area contributed by atoms with Gasteiger partial charge >= 0.3 is 0 Å². The summed E-state index contributed by atoms with van der Waals surface area (Å²) in [5, 5.41) is 17.2. The molecule has 2 unspecified atom stereocenters. The van der Waals surface area contributed by atoms with Crippen molar-refractivity contribution in [1.29, 1.82) is 5.26 Å². The largest absolute Gasteiger partial charge is 0.383 e. The van der Waals surface area contributed by atoms with Crippen LogP contribution in [0, 0.1) is 23.2 Å². The number of rotatable bonds is 5. The van der Waals surface area contributed by atoms with Gasteiger partial charge in [-0.1, -0.05) is 0 Å². The summed E-state index contributed by atoms with van der Waals surface area (Å²) < 4.78 is 1.83. The van der Waals surface area contributed by atoms with Crippen LogP contribution in [0.4, 0.5) is 11.6 Å². The van der Waals surface area contributed by atoms with Gasteiger partial charge in [-0.3, -0.25) is 0 Å². The lowest BCUT2D eigenvalue weighted by molar-refractivity contribution is 0.447. The summed E-state index contributed by atoms with van der Waals surface area (Å²) in [5.74, 6) is 2.56. The molecule has 5 nitrogen and oxygen atoms in total. The second-order valence-electron chi connectivity index (χ2n) is 6.01. The minimum Gasteiger partial charge on any atom is -0.383 e. The zero-order valence-corrected chi connectivity index (χ0v) is 11.6. The third-order valence-corrected chi connectivity index (χ3v) is 4.44. The highest BCUT2D eigenvalue weighted by Gasteiger charge is 2.33. The smallest absolute Gasteiger partial charge is 0.168 e. The Hall–Kier alpha value is -1.70. The molecule has 0 aliphatic heterocycles. The fraction of sp³-hybridized carbons (Fsp3) is 0.714. The van der Waals surface area contributed by atoms with Crippen molar-refractivity contribution in [2.75, 3.05) is 11.1 Å². The van der Waals surface area contributed by atoms with Crippen molar-refractivity contribution in [2.45, 2.75) is 51.6 Å². The average Bonchev–Trinajstić information content (AvgIpc) is 3.28. The van der Waals surface area contributed by atoms with Crippen LogP contribution in [-0.2, 0) is 0 Å². The summed E-state index contributed by atoms with van der Waals surface area (Å²) in [6.45, 7) is 4.29. The molecule has 1 aromatic rings. The fourth-order valence-corrected chi connectivity index (χ4v) is 2.68. The van der Waals surface area contributed by atoms with E-state index in [0.29, 0.717) is 35.2 Å². The molecule has 0 saturated heterocycles. The van der Waals surface area contributed by atoms with Crippen LogP contribution in [-0.4, -0.2) is 15.8 Å². The van der Waals surface area contributed by atoms with Crippen molar-refractivity contribution in [3.8, 4) is 6.07 Å². The van der Waals surface area contributed by atoms with E-state index in [4.69, 9.17) is 5.73 Å². The topological polar surface area (TPSA) is 79.7 Å². The Morgan fingerprint density at radius 3 is 2.47 bits per heavy atom. The summed E-state index contributed by atoms with van der Waals surface area (Å²) >= 11 is 0. The number of hydrogen-bond acceptors (Lipinski definition) is 4. The molecule has 0 spiro atoms. The van der Waals surface area contributed by atoms with Crippen LogP contribution >= 0.6 is 0 Å². The van der Waals surface area contributed by atoms with E-state index in [2.05, 4.69) is 30.3 Å². The van der Waals surface area contributed by atoms with Crippen LogP contribution in [0.3, 0.4) is 0 Å². The van der Waals surface area contributed by atoms with Gasteiger partial charge in [0.15, 0.2) is 5.82 Å². The predicted molar refractivity (Wildman–Crippen MR) is 74.6 cm³/mol. The molecular formula is C14H21N5. The number of anilines is 2. The van der Waals surface area contributed by atoms with Crippen molar-refractivity contribution >= 4 is 11.6 Å². The van der Waals surface area contributed by atoms with Gasteiger partial charge in [0.1, 0.15) is 17.5 Å². The molecule has 3 rings (SSSR count). The SMILES string of the molecule is CC(Nc1nn(C(C)C2CC2)c(N)c1C#N)C1CC1. The van der Waals surface area contributed by atoms with Crippen molar-refractivity contribution in [1.82, 2.24) is 9.78 Å². The molecule has 2 aliphatic rings. The number of nitrogens with one attached hydrogen (secondary N) is 1. The molecule has 0 amide bonds. The minimum atomic E-state index is 0.291. The summed E-state index contributed by atoms with van der Waals surface area (Å²) in [6.07, 6.45) is 5.02. The van der Waals surface area contributed by atoms with Gasteiger partial charge in [-0.25, -0.2) is 4.68 Å². The Bertz CT molecular complexity index is 519. The molecule has 102 valence electrons. The average molecular weight is 259 g/mol. The zero-order chi connectivity index (χ0) is 13.6. The van der Waals surface area contributed by atoms with Crippen molar-refractivity contribution in [2.24, 2.45) is 11.8 Å². The molecule has 2 atom stereocenters. The van der Waals surface area contributed by atoms with Crippen LogP contribution in [0.15, 0.2) is 0 Å². The lowest BCUT2D eigenvalue weighted by Crippen LogP contribution is -2.18. The Morgan fingerprint density at radius 1 is 1.32 bits per heavy atom. The maximum absolute atomic E-state index is 9.29. The highest BCUT2D eigenvalue weighted by Crippen LogP contribution is 2.41. The van der Waals surface area contributed by atoms with Gasteiger partial charge in [-0.05, 0) is 51.4 Å². The maximum Gasteiger partial charge on any atom is 0.168 e. The lowest BCUT2D eigenvalue weighted by atomic mass is 10.2. The van der Waals surface area contributed by atoms with Crippen molar-refractivity contribution in [3.05, 3.63) is 5.56 Å². The number of aromatic nitrogens is 2. The van der Waals surface area contributed by atoms with E-state index in [1.165, 1.54) is 25.7 Å². The van der Waals surface area contributed by atoms with Crippen molar-refractivity contribution in [3.63, 3.8) is 0 Å². The normalized spacial score (nSPS) is 21.7. The fourth-order valence-electron chi connectivity index (χ4n) is 2.68. The van der Waals surface area contributed by atoms with E-state index in [1.54, 1.807) is 0 Å². The third kappa shape index (κ3) is 2.27. The van der Waals surface area contributed by atoms with Crippen LogP contribution in [0.5, 0.6) is 0 Å². The number of nitrogens with zero attached hydrogens (tertiary/aromatic N) is 3. The van der Waals surface area contributed by atoms with Crippen LogP contribution in [0.2, 0.25) is 0 Å². The Kier molecular flexibility index (Phi) is 2.89. The summed E-state index contributed by atoms with van der Waals surface area (Å²) in [5.41, 5.74) is 6.59. The molecule has 2 aliphatic carbocycles. The van der Waals surface area contributed by atoms with E-state index < -0.39 is 0 Å². The second-order valence-corrected chi connectivity index (χ2v) is 6.01. The predicted octanol–water partition coefficient (Wildman–Crippen LogP) is 2.52. The van der Waals surface area contributed by atoms with Gasteiger partial charge < -0.3 is 11.1 Å². The molecule has 1 aromatic heterocycles. The molecule has 0 bridgehead atoms. The third-order valence-electron chi connectivity index (χ3n) is 4.44. The molecule has 5 heteroatoms. The first-order valence-corrected chi connectivity index (χ1v) is 7.16.